The van der Waals surface area contributed by atoms with Crippen molar-refractivity contribution in [3.63, 3.8) is 0 Å². The van der Waals surface area contributed by atoms with Crippen LogP contribution in [0.4, 0.5) is 13.9 Å². The Hall–Kier alpha value is -3.73. The van der Waals surface area contributed by atoms with Crippen LogP contribution in [0.3, 0.4) is 0 Å². The summed E-state index contributed by atoms with van der Waals surface area (Å²) in [6.45, 7) is -0.466. The number of aryl methyl sites for hydroxylation is 1. The van der Waals surface area contributed by atoms with E-state index in [9.17, 15) is 13.6 Å². The van der Waals surface area contributed by atoms with E-state index in [0.29, 0.717) is 27.9 Å². The number of halogens is 2. The van der Waals surface area contributed by atoms with Crippen LogP contribution < -0.4 is 5.32 Å². The number of rotatable bonds is 7. The Bertz CT molecular complexity index is 1210. The molecule has 0 bridgehead atoms. The molecule has 1 aromatic carbocycles. The quantitative estimate of drug-likeness (QED) is 0.438. The highest BCUT2D eigenvalue weighted by atomic mass is 32.1. The first-order valence-electron chi connectivity index (χ1n) is 9.21. The van der Waals surface area contributed by atoms with Crippen LogP contribution in [0, 0.1) is 6.92 Å². The van der Waals surface area contributed by atoms with Gasteiger partial charge in [-0.3, -0.25) is 14.7 Å². The van der Waals surface area contributed by atoms with Crippen LogP contribution in [0.25, 0.3) is 16.8 Å². The van der Waals surface area contributed by atoms with Crippen LogP contribution in [0.2, 0.25) is 0 Å². The van der Waals surface area contributed by atoms with Gasteiger partial charge in [-0.15, -0.1) is 5.10 Å². The van der Waals surface area contributed by atoms with Gasteiger partial charge in [-0.2, -0.15) is 8.78 Å². The molecule has 8 nitrogen and oxygen atoms in total. The molecule has 11 heteroatoms. The summed E-state index contributed by atoms with van der Waals surface area (Å²) in [5.41, 5.74) is 2.12. The molecule has 1 amide bonds. The minimum Gasteiger partial charge on any atom is -0.298 e. The SMILES string of the molecule is Cc1nc(NC(=O)/C=C/c2cn(Cc3ccccc3)nn2)sc1-c1nccn1C(F)F. The molecule has 0 fully saturated rings. The Kier molecular flexibility index (Phi) is 5.94. The number of nitrogens with one attached hydrogen (secondary N) is 1. The number of carbonyl (C=O) groups excluding carboxylic acids is 1. The van der Waals surface area contributed by atoms with Crippen LogP contribution in [0.15, 0.2) is 55.0 Å². The maximum atomic E-state index is 13.1. The van der Waals surface area contributed by atoms with Gasteiger partial charge in [0.05, 0.1) is 23.3 Å². The summed E-state index contributed by atoms with van der Waals surface area (Å²) in [5.74, 6) is -0.314. The molecular formula is C20H17F2N7OS. The zero-order valence-corrected chi connectivity index (χ0v) is 17.1. The third-order valence-corrected chi connectivity index (χ3v) is 5.33. The van der Waals surface area contributed by atoms with E-state index in [2.05, 4.69) is 25.6 Å². The third kappa shape index (κ3) is 4.89. The number of imidazole rings is 1. The standard InChI is InChI=1S/C20H17F2N7OS/c1-13-17(18-23-9-10-29(18)19(21)22)31-20(24-13)25-16(30)8-7-15-12-28(27-26-15)11-14-5-3-2-4-6-14/h2-10,12,19H,11H2,1H3,(H,24,25,30)/b8-7+. The smallest absolute Gasteiger partial charge is 0.298 e. The first-order valence-corrected chi connectivity index (χ1v) is 10.0. The average Bonchev–Trinajstić information content (AvgIpc) is 3.47. The lowest BCUT2D eigenvalue weighted by molar-refractivity contribution is -0.111. The summed E-state index contributed by atoms with van der Waals surface area (Å²) >= 11 is 1.08. The lowest BCUT2D eigenvalue weighted by Gasteiger charge is -2.04. The molecular weight excluding hydrogens is 424 g/mol. The molecule has 4 rings (SSSR count). The number of alkyl halides is 2. The molecule has 0 aliphatic rings. The Labute approximate surface area is 179 Å². The van der Waals surface area contributed by atoms with Crippen molar-refractivity contribution < 1.29 is 13.6 Å². The summed E-state index contributed by atoms with van der Waals surface area (Å²) in [6.07, 6.45) is 7.08. The fourth-order valence-corrected chi connectivity index (χ4v) is 3.82. The Morgan fingerprint density at radius 3 is 2.87 bits per heavy atom. The highest BCUT2D eigenvalue weighted by molar-refractivity contribution is 7.19. The van der Waals surface area contributed by atoms with Crippen molar-refractivity contribution in [3.05, 3.63) is 71.9 Å². The first kappa shape index (κ1) is 20.5. The molecule has 3 heterocycles. The number of anilines is 1. The van der Waals surface area contributed by atoms with Gasteiger partial charge in [0.1, 0.15) is 5.69 Å². The number of benzene rings is 1. The number of nitrogens with zero attached hydrogens (tertiary/aromatic N) is 6. The molecule has 0 unspecified atom stereocenters. The van der Waals surface area contributed by atoms with Crippen molar-refractivity contribution in [3.8, 4) is 10.7 Å². The van der Waals surface area contributed by atoms with E-state index in [1.165, 1.54) is 24.5 Å². The van der Waals surface area contributed by atoms with E-state index in [4.69, 9.17) is 0 Å². The maximum absolute atomic E-state index is 13.1. The van der Waals surface area contributed by atoms with Gasteiger partial charge in [-0.25, -0.2) is 14.6 Å². The van der Waals surface area contributed by atoms with E-state index in [-0.39, 0.29) is 5.82 Å². The largest absolute Gasteiger partial charge is 0.320 e. The number of aromatic nitrogens is 6. The van der Waals surface area contributed by atoms with Crippen LogP contribution in [-0.2, 0) is 11.3 Å². The highest BCUT2D eigenvalue weighted by Gasteiger charge is 2.19. The summed E-state index contributed by atoms with van der Waals surface area (Å²) in [5, 5.41) is 11.0. The van der Waals surface area contributed by atoms with E-state index >= 15 is 0 Å². The second kappa shape index (κ2) is 8.96. The van der Waals surface area contributed by atoms with E-state index in [0.717, 1.165) is 21.5 Å². The second-order valence-electron chi connectivity index (χ2n) is 6.52. The molecule has 0 aliphatic carbocycles. The lowest BCUT2D eigenvalue weighted by atomic mass is 10.2. The maximum Gasteiger partial charge on any atom is 0.320 e. The molecule has 0 saturated carbocycles. The normalized spacial score (nSPS) is 11.5. The third-order valence-electron chi connectivity index (χ3n) is 4.26. The summed E-state index contributed by atoms with van der Waals surface area (Å²) in [6, 6.07) is 9.82. The van der Waals surface area contributed by atoms with E-state index < -0.39 is 12.5 Å². The van der Waals surface area contributed by atoms with Gasteiger partial charge >= 0.3 is 6.55 Å². The minimum atomic E-state index is -2.71. The fraction of sp³-hybridized carbons (Fsp3) is 0.150. The fourth-order valence-electron chi connectivity index (χ4n) is 2.85. The summed E-state index contributed by atoms with van der Waals surface area (Å²) < 4.78 is 28.6. The van der Waals surface area contributed by atoms with Gasteiger partial charge in [0.15, 0.2) is 11.0 Å². The van der Waals surface area contributed by atoms with Gasteiger partial charge in [-0.1, -0.05) is 46.9 Å². The monoisotopic (exact) mass is 441 g/mol. The van der Waals surface area contributed by atoms with Crippen molar-refractivity contribution in [1.29, 1.82) is 0 Å². The number of amides is 1. The van der Waals surface area contributed by atoms with Crippen LogP contribution in [0.5, 0.6) is 0 Å². The van der Waals surface area contributed by atoms with Gasteiger partial charge in [-0.05, 0) is 18.6 Å². The Morgan fingerprint density at radius 1 is 1.29 bits per heavy atom. The van der Waals surface area contributed by atoms with Gasteiger partial charge in [0.25, 0.3) is 0 Å². The highest BCUT2D eigenvalue weighted by Crippen LogP contribution is 2.33. The molecule has 0 spiro atoms. The number of hydrogen-bond acceptors (Lipinski definition) is 6. The van der Waals surface area contributed by atoms with Gasteiger partial charge < -0.3 is 0 Å². The van der Waals surface area contributed by atoms with Gasteiger partial charge in [0.2, 0.25) is 5.91 Å². The van der Waals surface area contributed by atoms with E-state index in [1.54, 1.807) is 17.8 Å². The molecule has 0 radical (unpaired) electrons. The van der Waals surface area contributed by atoms with Crippen LogP contribution in [-0.4, -0.2) is 35.4 Å². The molecule has 0 aliphatic heterocycles. The zero-order chi connectivity index (χ0) is 21.8. The van der Waals surface area contributed by atoms with E-state index in [1.807, 2.05) is 30.3 Å². The van der Waals surface area contributed by atoms with Crippen LogP contribution >= 0.6 is 11.3 Å². The molecule has 0 saturated heterocycles. The molecule has 4 aromatic rings. The van der Waals surface area contributed by atoms with Crippen molar-refractivity contribution in [1.82, 2.24) is 29.5 Å². The van der Waals surface area contributed by atoms with Crippen molar-refractivity contribution in [2.75, 3.05) is 5.32 Å². The predicted molar refractivity (Wildman–Crippen MR) is 113 cm³/mol. The molecule has 31 heavy (non-hydrogen) atoms. The summed E-state index contributed by atoms with van der Waals surface area (Å²) in [7, 11) is 0. The number of thiazole rings is 1. The molecule has 0 atom stereocenters. The minimum absolute atomic E-state index is 0.107. The molecule has 158 valence electrons. The first-order chi connectivity index (χ1) is 15.0. The van der Waals surface area contributed by atoms with Crippen molar-refractivity contribution >= 4 is 28.5 Å². The molecule has 3 aromatic heterocycles. The van der Waals surface area contributed by atoms with Gasteiger partial charge in [0, 0.05) is 18.5 Å². The lowest BCUT2D eigenvalue weighted by Crippen LogP contribution is -2.07. The second-order valence-corrected chi connectivity index (χ2v) is 7.52. The Morgan fingerprint density at radius 2 is 2.10 bits per heavy atom. The zero-order valence-electron chi connectivity index (χ0n) is 16.3. The van der Waals surface area contributed by atoms with Crippen molar-refractivity contribution in [2.24, 2.45) is 0 Å². The summed E-state index contributed by atoms with van der Waals surface area (Å²) in [4.78, 5) is 20.9. The van der Waals surface area contributed by atoms with Crippen molar-refractivity contribution in [2.45, 2.75) is 20.0 Å². The topological polar surface area (TPSA) is 90.5 Å². The number of carbonyl (C=O) groups is 1. The molecule has 1 N–H and O–H groups in total. The Balaban J connectivity index is 1.40. The van der Waals surface area contributed by atoms with Crippen LogP contribution in [0.1, 0.15) is 23.5 Å². The average molecular weight is 441 g/mol. The predicted octanol–water partition coefficient (Wildman–Crippen LogP) is 4.00. The number of hydrogen-bond donors (Lipinski definition) is 1.